The first-order valence-electron chi connectivity index (χ1n) is 8.82. The number of hydrogen-bond donors (Lipinski definition) is 0. The smallest absolute Gasteiger partial charge is 0.151 e. The van der Waals surface area contributed by atoms with E-state index in [2.05, 4.69) is 45.0 Å². The van der Waals surface area contributed by atoms with Gasteiger partial charge < -0.3 is 9.80 Å². The van der Waals surface area contributed by atoms with Crippen LogP contribution in [0.2, 0.25) is 0 Å². The Morgan fingerprint density at radius 3 is 2.58 bits per heavy atom. The first-order chi connectivity index (χ1) is 11.7. The van der Waals surface area contributed by atoms with Crippen LogP contribution in [0.3, 0.4) is 0 Å². The topological polar surface area (TPSA) is 58.0 Å². The van der Waals surface area contributed by atoms with Crippen molar-refractivity contribution in [2.45, 2.75) is 44.6 Å². The molecule has 0 amide bonds. The van der Waals surface area contributed by atoms with Gasteiger partial charge in [0.1, 0.15) is 11.6 Å². The fraction of sp³-hybridized carbons (Fsp3) is 0.556. The van der Waals surface area contributed by atoms with Crippen LogP contribution in [0.1, 0.15) is 43.1 Å². The average molecular weight is 324 g/mol. The van der Waals surface area contributed by atoms with Crippen molar-refractivity contribution in [1.29, 1.82) is 0 Å². The lowest BCUT2D eigenvalue weighted by molar-refractivity contribution is 0.476. The van der Waals surface area contributed by atoms with Crippen molar-refractivity contribution >= 4 is 11.6 Å². The molecule has 1 saturated carbocycles. The van der Waals surface area contributed by atoms with Gasteiger partial charge >= 0.3 is 0 Å². The van der Waals surface area contributed by atoms with E-state index in [4.69, 9.17) is 4.98 Å². The minimum atomic E-state index is 0.513. The largest absolute Gasteiger partial charge is 0.356 e. The zero-order valence-electron chi connectivity index (χ0n) is 14.4. The van der Waals surface area contributed by atoms with Crippen LogP contribution in [-0.2, 0) is 0 Å². The Kier molecular flexibility index (Phi) is 4.04. The summed E-state index contributed by atoms with van der Waals surface area (Å²) in [5.74, 6) is 3.68. The lowest BCUT2D eigenvalue weighted by Crippen LogP contribution is -2.44. The van der Waals surface area contributed by atoms with E-state index in [0.717, 1.165) is 49.1 Å². The molecule has 0 unspecified atom stereocenters. The van der Waals surface area contributed by atoms with Gasteiger partial charge in [0.2, 0.25) is 0 Å². The van der Waals surface area contributed by atoms with Crippen LogP contribution in [-0.4, -0.2) is 46.3 Å². The van der Waals surface area contributed by atoms with E-state index in [1.807, 2.05) is 12.1 Å². The predicted molar refractivity (Wildman–Crippen MR) is 94.4 cm³/mol. The number of anilines is 2. The maximum Gasteiger partial charge on any atom is 0.151 e. The van der Waals surface area contributed by atoms with Gasteiger partial charge in [0.15, 0.2) is 5.82 Å². The van der Waals surface area contributed by atoms with Gasteiger partial charge in [-0.1, -0.05) is 0 Å². The van der Waals surface area contributed by atoms with Crippen LogP contribution in [0.15, 0.2) is 24.4 Å². The molecular weight excluding hydrogens is 300 g/mol. The van der Waals surface area contributed by atoms with Crippen LogP contribution in [0, 0.1) is 6.92 Å². The Balaban J connectivity index is 1.44. The molecule has 0 atom stereocenters. The zero-order chi connectivity index (χ0) is 16.5. The number of nitrogens with zero attached hydrogens (tertiary/aromatic N) is 6. The van der Waals surface area contributed by atoms with E-state index in [-0.39, 0.29) is 0 Å². The minimum Gasteiger partial charge on any atom is -0.356 e. The summed E-state index contributed by atoms with van der Waals surface area (Å²) < 4.78 is 0. The summed E-state index contributed by atoms with van der Waals surface area (Å²) in [4.78, 5) is 14.1. The van der Waals surface area contributed by atoms with Crippen molar-refractivity contribution in [2.24, 2.45) is 0 Å². The molecule has 0 aromatic carbocycles. The SMILES string of the molecule is Cc1cc(N(C)C2CCN(c3cccnn3)CC2)nc(C2CC2)n1. The first kappa shape index (κ1) is 15.3. The van der Waals surface area contributed by atoms with Crippen molar-refractivity contribution in [2.75, 3.05) is 29.9 Å². The molecule has 2 fully saturated rings. The Bertz CT molecular complexity index is 692. The summed E-state index contributed by atoms with van der Waals surface area (Å²) in [7, 11) is 2.17. The number of aryl methyl sites for hydroxylation is 1. The third-order valence-electron chi connectivity index (χ3n) is 5.06. The summed E-state index contributed by atoms with van der Waals surface area (Å²) in [5.41, 5.74) is 1.07. The predicted octanol–water partition coefficient (Wildman–Crippen LogP) is 2.56. The summed E-state index contributed by atoms with van der Waals surface area (Å²) in [6, 6.07) is 6.61. The number of rotatable bonds is 4. The normalized spacial score (nSPS) is 18.7. The van der Waals surface area contributed by atoms with Crippen LogP contribution < -0.4 is 9.80 Å². The third-order valence-corrected chi connectivity index (χ3v) is 5.06. The van der Waals surface area contributed by atoms with Crippen LogP contribution in [0.5, 0.6) is 0 Å². The summed E-state index contributed by atoms with van der Waals surface area (Å²) >= 11 is 0. The van der Waals surface area contributed by atoms with Crippen molar-refractivity contribution in [3.8, 4) is 0 Å². The molecule has 126 valence electrons. The highest BCUT2D eigenvalue weighted by molar-refractivity contribution is 5.42. The molecular formula is C18H24N6. The molecule has 0 spiro atoms. The molecule has 1 aliphatic heterocycles. The highest BCUT2D eigenvalue weighted by Gasteiger charge is 2.29. The van der Waals surface area contributed by atoms with E-state index >= 15 is 0 Å². The van der Waals surface area contributed by atoms with Gasteiger partial charge in [-0.3, -0.25) is 0 Å². The molecule has 6 nitrogen and oxygen atoms in total. The number of aromatic nitrogens is 4. The fourth-order valence-electron chi connectivity index (χ4n) is 3.41. The van der Waals surface area contributed by atoms with Crippen molar-refractivity contribution in [1.82, 2.24) is 20.2 Å². The Labute approximate surface area is 142 Å². The lowest BCUT2D eigenvalue weighted by Gasteiger charge is -2.37. The molecule has 1 aliphatic carbocycles. The molecule has 6 heteroatoms. The molecule has 0 N–H and O–H groups in total. The van der Waals surface area contributed by atoms with E-state index in [1.165, 1.54) is 12.8 Å². The standard InChI is InChI=1S/C18H24N6/c1-13-12-17(21-18(20-13)14-5-6-14)23(2)15-7-10-24(11-8-15)16-4-3-9-19-22-16/h3-4,9,12,14-15H,5-8,10-11H2,1-2H3. The molecule has 24 heavy (non-hydrogen) atoms. The van der Waals surface area contributed by atoms with Gasteiger partial charge in [-0.2, -0.15) is 5.10 Å². The van der Waals surface area contributed by atoms with Crippen molar-refractivity contribution in [3.05, 3.63) is 35.9 Å². The van der Waals surface area contributed by atoms with E-state index in [1.54, 1.807) is 6.20 Å². The van der Waals surface area contributed by atoms with Gasteiger partial charge in [-0.15, -0.1) is 5.10 Å². The van der Waals surface area contributed by atoms with E-state index in [0.29, 0.717) is 12.0 Å². The third kappa shape index (κ3) is 3.18. The zero-order valence-corrected chi connectivity index (χ0v) is 14.4. The van der Waals surface area contributed by atoms with Gasteiger partial charge in [0.05, 0.1) is 0 Å². The van der Waals surface area contributed by atoms with Gasteiger partial charge in [0, 0.05) is 50.1 Å². The molecule has 4 rings (SSSR count). The van der Waals surface area contributed by atoms with E-state index < -0.39 is 0 Å². The summed E-state index contributed by atoms with van der Waals surface area (Å²) in [5, 5.41) is 8.21. The lowest BCUT2D eigenvalue weighted by atomic mass is 10.0. The molecule has 2 aromatic rings. The van der Waals surface area contributed by atoms with Gasteiger partial charge in [-0.05, 0) is 44.7 Å². The van der Waals surface area contributed by atoms with Gasteiger partial charge in [-0.25, -0.2) is 9.97 Å². The highest BCUT2D eigenvalue weighted by atomic mass is 15.3. The first-order valence-corrected chi connectivity index (χ1v) is 8.82. The Morgan fingerprint density at radius 1 is 1.12 bits per heavy atom. The average Bonchev–Trinajstić information content (AvgIpc) is 3.47. The monoisotopic (exact) mass is 324 g/mol. The summed E-state index contributed by atoms with van der Waals surface area (Å²) in [6.07, 6.45) is 6.41. The molecule has 2 aliphatic rings. The fourth-order valence-corrected chi connectivity index (χ4v) is 3.41. The molecule has 0 radical (unpaired) electrons. The van der Waals surface area contributed by atoms with Crippen LogP contribution >= 0.6 is 0 Å². The minimum absolute atomic E-state index is 0.513. The molecule has 3 heterocycles. The van der Waals surface area contributed by atoms with Crippen LogP contribution in [0.4, 0.5) is 11.6 Å². The Hall–Kier alpha value is -2.24. The van der Waals surface area contributed by atoms with E-state index in [9.17, 15) is 0 Å². The quantitative estimate of drug-likeness (QED) is 0.861. The second kappa shape index (κ2) is 6.34. The van der Waals surface area contributed by atoms with Crippen LogP contribution in [0.25, 0.3) is 0 Å². The number of piperidine rings is 1. The van der Waals surface area contributed by atoms with Crippen molar-refractivity contribution < 1.29 is 0 Å². The Morgan fingerprint density at radius 2 is 1.92 bits per heavy atom. The number of hydrogen-bond acceptors (Lipinski definition) is 6. The molecule has 1 saturated heterocycles. The highest BCUT2D eigenvalue weighted by Crippen LogP contribution is 2.38. The van der Waals surface area contributed by atoms with Crippen molar-refractivity contribution in [3.63, 3.8) is 0 Å². The second-order valence-electron chi connectivity index (χ2n) is 6.91. The molecule has 2 aromatic heterocycles. The molecule has 0 bridgehead atoms. The second-order valence-corrected chi connectivity index (χ2v) is 6.91. The van der Waals surface area contributed by atoms with Gasteiger partial charge in [0.25, 0.3) is 0 Å². The summed E-state index contributed by atoms with van der Waals surface area (Å²) in [6.45, 7) is 4.09. The maximum absolute atomic E-state index is 4.83. The maximum atomic E-state index is 4.83.